The molecule has 0 spiro atoms. The maximum atomic E-state index is 5.50. The number of H-pyrrole nitrogens is 1. The van der Waals surface area contributed by atoms with Gasteiger partial charge in [0, 0.05) is 18.8 Å². The van der Waals surface area contributed by atoms with E-state index in [9.17, 15) is 0 Å². The SMILES string of the molecule is COc1ccc(C)cc1Nc1nc(N2CCCC2)nc2[nH]c(C)cc12. The lowest BCUT2D eigenvalue weighted by Crippen LogP contribution is -2.20. The smallest absolute Gasteiger partial charge is 0.229 e. The molecule has 0 atom stereocenters. The number of aromatic amines is 1. The van der Waals surface area contributed by atoms with Crippen LogP contribution in [0.1, 0.15) is 24.1 Å². The van der Waals surface area contributed by atoms with Crippen molar-refractivity contribution in [2.24, 2.45) is 0 Å². The van der Waals surface area contributed by atoms with E-state index in [0.717, 1.165) is 53.0 Å². The number of nitrogens with one attached hydrogen (secondary N) is 2. The summed E-state index contributed by atoms with van der Waals surface area (Å²) < 4.78 is 5.50. The fourth-order valence-electron chi connectivity index (χ4n) is 3.33. The number of fused-ring (bicyclic) bond motifs is 1. The van der Waals surface area contributed by atoms with Crippen LogP contribution < -0.4 is 15.0 Å². The molecule has 2 N–H and O–H groups in total. The first-order valence-corrected chi connectivity index (χ1v) is 8.68. The number of aromatic nitrogens is 3. The molecule has 1 aromatic carbocycles. The fraction of sp³-hybridized carbons (Fsp3) is 0.368. The quantitative estimate of drug-likeness (QED) is 0.755. The Bertz CT molecular complexity index is 912. The second-order valence-corrected chi connectivity index (χ2v) is 6.61. The monoisotopic (exact) mass is 337 g/mol. The van der Waals surface area contributed by atoms with Gasteiger partial charge < -0.3 is 19.9 Å². The van der Waals surface area contributed by atoms with Gasteiger partial charge in [0.2, 0.25) is 5.95 Å². The van der Waals surface area contributed by atoms with Crippen molar-refractivity contribution in [2.75, 3.05) is 30.4 Å². The van der Waals surface area contributed by atoms with E-state index < -0.39 is 0 Å². The molecular formula is C19H23N5O. The van der Waals surface area contributed by atoms with Gasteiger partial charge in [-0.15, -0.1) is 0 Å². The van der Waals surface area contributed by atoms with Crippen LogP contribution in [0, 0.1) is 13.8 Å². The molecule has 0 aliphatic carbocycles. The maximum Gasteiger partial charge on any atom is 0.229 e. The number of benzene rings is 1. The lowest BCUT2D eigenvalue weighted by atomic mass is 10.2. The van der Waals surface area contributed by atoms with Crippen LogP contribution in [0.25, 0.3) is 11.0 Å². The van der Waals surface area contributed by atoms with Crippen LogP contribution in [0.15, 0.2) is 24.3 Å². The highest BCUT2D eigenvalue weighted by Gasteiger charge is 2.19. The van der Waals surface area contributed by atoms with E-state index in [0.29, 0.717) is 0 Å². The van der Waals surface area contributed by atoms with E-state index in [1.54, 1.807) is 7.11 Å². The van der Waals surface area contributed by atoms with Crippen LogP contribution in [-0.2, 0) is 0 Å². The molecule has 2 aromatic heterocycles. The molecule has 6 heteroatoms. The lowest BCUT2D eigenvalue weighted by molar-refractivity contribution is 0.416. The third-order valence-corrected chi connectivity index (χ3v) is 4.61. The molecule has 1 aliphatic rings. The first-order chi connectivity index (χ1) is 12.1. The zero-order chi connectivity index (χ0) is 17.4. The molecule has 3 heterocycles. The van der Waals surface area contributed by atoms with E-state index in [4.69, 9.17) is 14.7 Å². The number of ether oxygens (including phenoxy) is 1. The largest absolute Gasteiger partial charge is 0.495 e. The molecule has 1 saturated heterocycles. The minimum atomic E-state index is 0.779. The Morgan fingerprint density at radius 1 is 1.12 bits per heavy atom. The summed E-state index contributed by atoms with van der Waals surface area (Å²) in [5.41, 5.74) is 4.01. The summed E-state index contributed by atoms with van der Waals surface area (Å²) in [6, 6.07) is 8.16. The molecule has 1 fully saturated rings. The first-order valence-electron chi connectivity index (χ1n) is 8.68. The highest BCUT2D eigenvalue weighted by Crippen LogP contribution is 2.32. The van der Waals surface area contributed by atoms with Crippen molar-refractivity contribution in [3.05, 3.63) is 35.5 Å². The molecule has 0 amide bonds. The van der Waals surface area contributed by atoms with Gasteiger partial charge in [0.25, 0.3) is 0 Å². The third kappa shape index (κ3) is 2.99. The third-order valence-electron chi connectivity index (χ3n) is 4.61. The number of anilines is 3. The van der Waals surface area contributed by atoms with E-state index in [-0.39, 0.29) is 0 Å². The number of hydrogen-bond acceptors (Lipinski definition) is 5. The van der Waals surface area contributed by atoms with Gasteiger partial charge in [-0.2, -0.15) is 9.97 Å². The predicted molar refractivity (Wildman–Crippen MR) is 101 cm³/mol. The van der Waals surface area contributed by atoms with Crippen LogP contribution >= 0.6 is 0 Å². The van der Waals surface area contributed by atoms with Gasteiger partial charge in [0.05, 0.1) is 18.2 Å². The van der Waals surface area contributed by atoms with Crippen LogP contribution in [0.4, 0.5) is 17.5 Å². The number of hydrogen-bond donors (Lipinski definition) is 2. The Hall–Kier alpha value is -2.76. The average molecular weight is 337 g/mol. The molecule has 3 aromatic rings. The van der Waals surface area contributed by atoms with Gasteiger partial charge in [-0.1, -0.05) is 6.07 Å². The first kappa shape index (κ1) is 15.7. The van der Waals surface area contributed by atoms with E-state index in [1.165, 1.54) is 18.4 Å². The Kier molecular flexibility index (Phi) is 3.95. The highest BCUT2D eigenvalue weighted by atomic mass is 16.5. The summed E-state index contributed by atoms with van der Waals surface area (Å²) in [6.45, 7) is 6.13. The highest BCUT2D eigenvalue weighted by molar-refractivity contribution is 5.91. The normalized spacial score (nSPS) is 14.3. The molecule has 0 radical (unpaired) electrons. The van der Waals surface area contributed by atoms with Gasteiger partial charge in [-0.25, -0.2) is 0 Å². The van der Waals surface area contributed by atoms with Crippen molar-refractivity contribution in [2.45, 2.75) is 26.7 Å². The van der Waals surface area contributed by atoms with Gasteiger partial charge in [-0.05, 0) is 50.5 Å². The van der Waals surface area contributed by atoms with Crippen molar-refractivity contribution >= 4 is 28.5 Å². The zero-order valence-corrected chi connectivity index (χ0v) is 14.9. The van der Waals surface area contributed by atoms with Crippen molar-refractivity contribution in [3.63, 3.8) is 0 Å². The lowest BCUT2D eigenvalue weighted by Gasteiger charge is -2.17. The molecule has 0 unspecified atom stereocenters. The van der Waals surface area contributed by atoms with Crippen molar-refractivity contribution < 1.29 is 4.74 Å². The van der Waals surface area contributed by atoms with Gasteiger partial charge in [0.1, 0.15) is 17.2 Å². The number of methoxy groups -OCH3 is 1. The molecule has 0 bridgehead atoms. The molecular weight excluding hydrogens is 314 g/mol. The Morgan fingerprint density at radius 3 is 2.68 bits per heavy atom. The van der Waals surface area contributed by atoms with Crippen molar-refractivity contribution in [1.29, 1.82) is 0 Å². The molecule has 25 heavy (non-hydrogen) atoms. The summed E-state index contributed by atoms with van der Waals surface area (Å²) >= 11 is 0. The number of aryl methyl sites for hydroxylation is 2. The summed E-state index contributed by atoms with van der Waals surface area (Å²) in [6.07, 6.45) is 2.39. The van der Waals surface area contributed by atoms with Crippen LogP contribution in [0.5, 0.6) is 5.75 Å². The maximum absolute atomic E-state index is 5.50. The summed E-state index contributed by atoms with van der Waals surface area (Å²) in [5, 5.41) is 4.45. The predicted octanol–water partition coefficient (Wildman–Crippen LogP) is 3.93. The summed E-state index contributed by atoms with van der Waals surface area (Å²) in [4.78, 5) is 15.1. The molecule has 130 valence electrons. The van der Waals surface area contributed by atoms with Crippen molar-refractivity contribution in [1.82, 2.24) is 15.0 Å². The van der Waals surface area contributed by atoms with E-state index in [1.807, 2.05) is 19.1 Å². The molecule has 6 nitrogen and oxygen atoms in total. The Labute approximate surface area is 147 Å². The minimum Gasteiger partial charge on any atom is -0.495 e. The molecule has 4 rings (SSSR count). The minimum absolute atomic E-state index is 0.779. The number of rotatable bonds is 4. The van der Waals surface area contributed by atoms with E-state index in [2.05, 4.69) is 34.3 Å². The van der Waals surface area contributed by atoms with Crippen LogP contribution in [-0.4, -0.2) is 35.2 Å². The van der Waals surface area contributed by atoms with Gasteiger partial charge >= 0.3 is 0 Å². The van der Waals surface area contributed by atoms with Gasteiger partial charge in [-0.3, -0.25) is 0 Å². The fourth-order valence-corrected chi connectivity index (χ4v) is 3.33. The second kappa shape index (κ2) is 6.27. The average Bonchev–Trinajstić information content (AvgIpc) is 3.23. The van der Waals surface area contributed by atoms with Crippen LogP contribution in [0.3, 0.4) is 0 Å². The van der Waals surface area contributed by atoms with Crippen molar-refractivity contribution in [3.8, 4) is 5.75 Å². The molecule has 1 aliphatic heterocycles. The second-order valence-electron chi connectivity index (χ2n) is 6.61. The van der Waals surface area contributed by atoms with Crippen LogP contribution in [0.2, 0.25) is 0 Å². The molecule has 0 saturated carbocycles. The Morgan fingerprint density at radius 2 is 1.92 bits per heavy atom. The standard InChI is InChI=1S/C19H23N5O/c1-12-6-7-16(25-3)15(10-12)21-18-14-11-13(2)20-17(14)22-19(23-18)24-8-4-5-9-24/h6-7,10-11H,4-5,8-9H2,1-3H3,(H2,20,21,22,23). The number of nitrogens with zero attached hydrogens (tertiary/aromatic N) is 3. The summed E-state index contributed by atoms with van der Waals surface area (Å²) in [7, 11) is 1.68. The Balaban J connectivity index is 1.81. The summed E-state index contributed by atoms with van der Waals surface area (Å²) in [5.74, 6) is 2.38. The topological polar surface area (TPSA) is 66.1 Å². The van der Waals surface area contributed by atoms with Gasteiger partial charge in [0.15, 0.2) is 0 Å². The zero-order valence-electron chi connectivity index (χ0n) is 14.9. The van der Waals surface area contributed by atoms with E-state index >= 15 is 0 Å².